The Bertz CT molecular complexity index is 192. The summed E-state index contributed by atoms with van der Waals surface area (Å²) in [4.78, 5) is 13.5. The summed E-state index contributed by atoms with van der Waals surface area (Å²) in [5, 5.41) is 0. The van der Waals surface area contributed by atoms with E-state index in [1.54, 1.807) is 0 Å². The Kier molecular flexibility index (Phi) is 5.65. The number of nitrogens with zero attached hydrogens (tertiary/aromatic N) is 1. The minimum atomic E-state index is -0.124. The van der Waals surface area contributed by atoms with Gasteiger partial charge in [0.15, 0.2) is 0 Å². The zero-order valence-electron chi connectivity index (χ0n) is 9.70. The number of carbonyl (C=O) groups excluding carboxylic acids is 1. The Balaban J connectivity index is 2.20. The summed E-state index contributed by atoms with van der Waals surface area (Å²) in [6.45, 7) is 6.95. The topological polar surface area (TPSA) is 38.8 Å². The molecule has 0 bridgehead atoms. The van der Waals surface area contributed by atoms with Crippen LogP contribution in [0.25, 0.3) is 0 Å². The van der Waals surface area contributed by atoms with Crippen molar-refractivity contribution in [3.8, 4) is 0 Å². The molecule has 1 rings (SSSR count). The summed E-state index contributed by atoms with van der Waals surface area (Å²) in [5.74, 6) is -0.124. The van der Waals surface area contributed by atoms with Gasteiger partial charge in [-0.1, -0.05) is 0 Å². The smallest absolute Gasteiger partial charge is 0.320 e. The molecule has 0 aliphatic heterocycles. The molecule has 0 aromatic rings. The van der Waals surface area contributed by atoms with Gasteiger partial charge in [-0.15, -0.1) is 0 Å². The lowest BCUT2D eigenvalue weighted by molar-refractivity contribution is -0.144. The van der Waals surface area contributed by atoms with Crippen molar-refractivity contribution in [1.29, 1.82) is 0 Å². The summed E-state index contributed by atoms with van der Waals surface area (Å²) in [6.07, 6.45) is 2.40. The molecule has 1 saturated carbocycles. The van der Waals surface area contributed by atoms with Gasteiger partial charge in [-0.3, -0.25) is 9.69 Å². The highest BCUT2D eigenvalue weighted by Crippen LogP contribution is 2.26. The van der Waals surface area contributed by atoms with Crippen LogP contribution in [-0.2, 0) is 14.3 Å². The first kappa shape index (κ1) is 12.5. The molecule has 0 N–H and O–H groups in total. The van der Waals surface area contributed by atoms with Gasteiger partial charge in [-0.25, -0.2) is 0 Å². The zero-order chi connectivity index (χ0) is 11.1. The van der Waals surface area contributed by atoms with E-state index < -0.39 is 0 Å². The molecule has 0 heterocycles. The fraction of sp³-hybridized carbons (Fsp3) is 0.909. The van der Waals surface area contributed by atoms with Crippen molar-refractivity contribution in [2.75, 3.05) is 32.9 Å². The lowest BCUT2D eigenvalue weighted by Crippen LogP contribution is -2.35. The maximum Gasteiger partial charge on any atom is 0.320 e. The first-order valence-electron chi connectivity index (χ1n) is 5.75. The molecule has 0 atom stereocenters. The quantitative estimate of drug-likeness (QED) is 0.448. The molecule has 1 aliphatic rings. The lowest BCUT2D eigenvalue weighted by Gasteiger charge is -2.20. The van der Waals surface area contributed by atoms with Crippen LogP contribution in [0.4, 0.5) is 0 Å². The highest BCUT2D eigenvalue weighted by molar-refractivity contribution is 5.71. The van der Waals surface area contributed by atoms with Crippen LogP contribution in [0.3, 0.4) is 0 Å². The van der Waals surface area contributed by atoms with Crippen molar-refractivity contribution in [1.82, 2.24) is 4.90 Å². The number of rotatable bonds is 8. The van der Waals surface area contributed by atoms with Gasteiger partial charge in [0, 0.05) is 19.2 Å². The number of hydrogen-bond donors (Lipinski definition) is 0. The van der Waals surface area contributed by atoms with E-state index in [1.807, 2.05) is 13.8 Å². The van der Waals surface area contributed by atoms with E-state index in [0.717, 1.165) is 13.2 Å². The first-order chi connectivity index (χ1) is 7.27. The van der Waals surface area contributed by atoms with Crippen molar-refractivity contribution in [2.45, 2.75) is 32.7 Å². The van der Waals surface area contributed by atoms with E-state index in [2.05, 4.69) is 4.90 Å². The van der Waals surface area contributed by atoms with Gasteiger partial charge in [0.25, 0.3) is 0 Å². The highest BCUT2D eigenvalue weighted by atomic mass is 16.5. The second-order valence-corrected chi connectivity index (χ2v) is 3.70. The van der Waals surface area contributed by atoms with E-state index in [4.69, 9.17) is 9.47 Å². The van der Waals surface area contributed by atoms with Crippen LogP contribution in [0.2, 0.25) is 0 Å². The first-order valence-corrected chi connectivity index (χ1v) is 5.75. The van der Waals surface area contributed by atoms with Crippen LogP contribution in [0, 0.1) is 0 Å². The monoisotopic (exact) mass is 215 g/mol. The molecule has 88 valence electrons. The highest BCUT2D eigenvalue weighted by Gasteiger charge is 2.30. The zero-order valence-corrected chi connectivity index (χ0v) is 9.70. The van der Waals surface area contributed by atoms with Gasteiger partial charge in [0.2, 0.25) is 0 Å². The van der Waals surface area contributed by atoms with Crippen LogP contribution < -0.4 is 0 Å². The summed E-state index contributed by atoms with van der Waals surface area (Å²) in [5.41, 5.74) is 0. The fourth-order valence-electron chi connectivity index (χ4n) is 1.53. The Morgan fingerprint density at radius 3 is 2.60 bits per heavy atom. The average Bonchev–Trinajstić information content (AvgIpc) is 3.00. The third-order valence-electron chi connectivity index (χ3n) is 2.43. The van der Waals surface area contributed by atoms with Crippen LogP contribution in [0.5, 0.6) is 0 Å². The molecular formula is C11H21NO3. The lowest BCUT2D eigenvalue weighted by atomic mass is 10.4. The molecule has 0 saturated heterocycles. The van der Waals surface area contributed by atoms with Crippen LogP contribution in [-0.4, -0.2) is 49.8 Å². The molecule has 1 aliphatic carbocycles. The van der Waals surface area contributed by atoms with Crippen LogP contribution in [0.1, 0.15) is 26.7 Å². The Labute approximate surface area is 91.5 Å². The summed E-state index contributed by atoms with van der Waals surface area (Å²) in [7, 11) is 0. The molecule has 0 aromatic heterocycles. The van der Waals surface area contributed by atoms with E-state index >= 15 is 0 Å². The van der Waals surface area contributed by atoms with E-state index in [1.165, 1.54) is 12.8 Å². The normalized spacial score (nSPS) is 15.7. The second-order valence-electron chi connectivity index (χ2n) is 3.70. The molecule has 0 aromatic carbocycles. The maximum absolute atomic E-state index is 11.3. The number of hydrogen-bond acceptors (Lipinski definition) is 4. The fourth-order valence-corrected chi connectivity index (χ4v) is 1.53. The molecule has 0 spiro atoms. The van der Waals surface area contributed by atoms with E-state index in [0.29, 0.717) is 25.8 Å². The van der Waals surface area contributed by atoms with Crippen molar-refractivity contribution >= 4 is 5.97 Å². The Hall–Kier alpha value is -0.610. The van der Waals surface area contributed by atoms with Gasteiger partial charge in [-0.2, -0.15) is 0 Å². The predicted molar refractivity (Wildman–Crippen MR) is 57.7 cm³/mol. The van der Waals surface area contributed by atoms with Crippen molar-refractivity contribution in [2.24, 2.45) is 0 Å². The largest absolute Gasteiger partial charge is 0.465 e. The molecule has 4 nitrogen and oxygen atoms in total. The summed E-state index contributed by atoms with van der Waals surface area (Å²) < 4.78 is 10.2. The van der Waals surface area contributed by atoms with Gasteiger partial charge in [0.05, 0.1) is 19.8 Å². The van der Waals surface area contributed by atoms with Crippen molar-refractivity contribution in [3.05, 3.63) is 0 Å². The molecule has 0 amide bonds. The minimum absolute atomic E-state index is 0.124. The minimum Gasteiger partial charge on any atom is -0.465 e. The van der Waals surface area contributed by atoms with Crippen molar-refractivity contribution in [3.63, 3.8) is 0 Å². The number of ether oxygens (including phenoxy) is 2. The van der Waals surface area contributed by atoms with Crippen molar-refractivity contribution < 1.29 is 14.3 Å². The van der Waals surface area contributed by atoms with Gasteiger partial charge in [0.1, 0.15) is 0 Å². The number of carbonyl (C=O) groups is 1. The third-order valence-corrected chi connectivity index (χ3v) is 2.43. The summed E-state index contributed by atoms with van der Waals surface area (Å²) >= 11 is 0. The van der Waals surface area contributed by atoms with E-state index in [9.17, 15) is 4.79 Å². The van der Waals surface area contributed by atoms with Gasteiger partial charge >= 0.3 is 5.97 Å². The molecular weight excluding hydrogens is 194 g/mol. The van der Waals surface area contributed by atoms with Crippen LogP contribution in [0.15, 0.2) is 0 Å². The molecule has 0 unspecified atom stereocenters. The summed E-state index contributed by atoms with van der Waals surface area (Å²) in [6, 6.07) is 0.579. The second kappa shape index (κ2) is 6.80. The van der Waals surface area contributed by atoms with Crippen LogP contribution >= 0.6 is 0 Å². The predicted octanol–water partition coefficient (Wildman–Crippen LogP) is 1.05. The maximum atomic E-state index is 11.3. The standard InChI is InChI=1S/C11H21NO3/c1-3-14-8-7-12(10-5-6-10)9-11(13)15-4-2/h10H,3-9H2,1-2H3. The molecule has 0 radical (unpaired) electrons. The SMILES string of the molecule is CCOCCN(CC(=O)OCC)C1CC1. The Morgan fingerprint density at radius 1 is 1.33 bits per heavy atom. The molecule has 15 heavy (non-hydrogen) atoms. The molecule has 4 heteroatoms. The number of esters is 1. The van der Waals surface area contributed by atoms with E-state index in [-0.39, 0.29) is 5.97 Å². The molecule has 1 fully saturated rings. The van der Waals surface area contributed by atoms with Gasteiger partial charge < -0.3 is 9.47 Å². The third kappa shape index (κ3) is 5.14. The average molecular weight is 215 g/mol. The van der Waals surface area contributed by atoms with Gasteiger partial charge in [-0.05, 0) is 26.7 Å². The Morgan fingerprint density at radius 2 is 2.07 bits per heavy atom.